The zero-order valence-electron chi connectivity index (χ0n) is 13.8. The number of benzene rings is 2. The lowest BCUT2D eigenvalue weighted by Gasteiger charge is -2.20. The molecule has 2 amide bonds. The molecule has 0 heterocycles. The molecule has 0 aromatic heterocycles. The molecule has 1 aliphatic rings. The first-order valence-corrected chi connectivity index (χ1v) is 8.42. The Kier molecular flexibility index (Phi) is 4.94. The quantitative estimate of drug-likeness (QED) is 0.851. The molecule has 0 saturated heterocycles. The molecular formula is C20H22N2O2. The molecule has 0 saturated carbocycles. The van der Waals surface area contributed by atoms with Crippen molar-refractivity contribution >= 4 is 17.5 Å². The van der Waals surface area contributed by atoms with Gasteiger partial charge in [-0.05, 0) is 61.4 Å². The van der Waals surface area contributed by atoms with E-state index in [1.165, 1.54) is 24.0 Å². The predicted octanol–water partition coefficient (Wildman–Crippen LogP) is 3.38. The maximum absolute atomic E-state index is 12.1. The monoisotopic (exact) mass is 322 g/mol. The van der Waals surface area contributed by atoms with E-state index < -0.39 is 11.8 Å². The Morgan fingerprint density at radius 2 is 1.62 bits per heavy atom. The van der Waals surface area contributed by atoms with E-state index in [1.54, 1.807) is 12.1 Å². The van der Waals surface area contributed by atoms with Crippen molar-refractivity contribution in [1.82, 2.24) is 5.32 Å². The van der Waals surface area contributed by atoms with Crippen molar-refractivity contribution in [3.8, 4) is 0 Å². The second kappa shape index (κ2) is 7.30. The molecule has 1 unspecified atom stereocenters. The van der Waals surface area contributed by atoms with E-state index in [2.05, 4.69) is 22.8 Å². The van der Waals surface area contributed by atoms with Gasteiger partial charge in [0, 0.05) is 5.69 Å². The van der Waals surface area contributed by atoms with Gasteiger partial charge < -0.3 is 10.6 Å². The van der Waals surface area contributed by atoms with Crippen LogP contribution in [0.5, 0.6) is 0 Å². The number of anilines is 1. The average molecular weight is 322 g/mol. The first-order chi connectivity index (χ1) is 11.6. The SMILES string of the molecule is CC(NC(=O)C(=O)Nc1ccccc1)c1ccc2c(c1)CCCC2. The normalized spacial score (nSPS) is 14.4. The van der Waals surface area contributed by atoms with E-state index in [-0.39, 0.29) is 6.04 Å². The molecule has 4 heteroatoms. The summed E-state index contributed by atoms with van der Waals surface area (Å²) in [6.45, 7) is 1.90. The van der Waals surface area contributed by atoms with Crippen LogP contribution in [-0.4, -0.2) is 11.8 Å². The van der Waals surface area contributed by atoms with Crippen LogP contribution < -0.4 is 10.6 Å². The predicted molar refractivity (Wildman–Crippen MR) is 94.7 cm³/mol. The maximum Gasteiger partial charge on any atom is 0.313 e. The number of aryl methyl sites for hydroxylation is 2. The largest absolute Gasteiger partial charge is 0.341 e. The fourth-order valence-electron chi connectivity index (χ4n) is 3.08. The lowest BCUT2D eigenvalue weighted by atomic mass is 9.89. The van der Waals surface area contributed by atoms with Crippen LogP contribution in [0.3, 0.4) is 0 Å². The summed E-state index contributed by atoms with van der Waals surface area (Å²) in [7, 11) is 0. The number of carbonyl (C=O) groups is 2. The highest BCUT2D eigenvalue weighted by atomic mass is 16.2. The smallest absolute Gasteiger partial charge is 0.313 e. The summed E-state index contributed by atoms with van der Waals surface area (Å²) in [6, 6.07) is 15.1. The van der Waals surface area contributed by atoms with Crippen LogP contribution in [0.4, 0.5) is 5.69 Å². The third kappa shape index (κ3) is 3.82. The summed E-state index contributed by atoms with van der Waals surface area (Å²) >= 11 is 0. The molecule has 24 heavy (non-hydrogen) atoms. The molecule has 1 aliphatic carbocycles. The van der Waals surface area contributed by atoms with Crippen LogP contribution in [0.15, 0.2) is 48.5 Å². The highest BCUT2D eigenvalue weighted by Crippen LogP contribution is 2.24. The molecular weight excluding hydrogens is 300 g/mol. The molecule has 0 spiro atoms. The minimum absolute atomic E-state index is 0.203. The number of hydrogen-bond donors (Lipinski definition) is 2. The Bertz CT molecular complexity index is 741. The Hall–Kier alpha value is -2.62. The number of fused-ring (bicyclic) bond motifs is 1. The van der Waals surface area contributed by atoms with E-state index in [9.17, 15) is 9.59 Å². The summed E-state index contributed by atoms with van der Waals surface area (Å²) in [6.07, 6.45) is 4.70. The third-order valence-electron chi connectivity index (χ3n) is 4.46. The van der Waals surface area contributed by atoms with Gasteiger partial charge in [-0.2, -0.15) is 0 Å². The first-order valence-electron chi connectivity index (χ1n) is 8.42. The van der Waals surface area contributed by atoms with E-state index >= 15 is 0 Å². The number of nitrogens with one attached hydrogen (secondary N) is 2. The summed E-state index contributed by atoms with van der Waals surface area (Å²) in [5, 5.41) is 5.37. The minimum Gasteiger partial charge on any atom is -0.341 e. The van der Waals surface area contributed by atoms with E-state index in [0.29, 0.717) is 5.69 Å². The maximum atomic E-state index is 12.1. The van der Waals surface area contributed by atoms with Crippen LogP contribution in [0.25, 0.3) is 0 Å². The standard InChI is InChI=1S/C20H22N2O2/c1-14(16-12-11-15-7-5-6-8-17(15)13-16)21-19(23)20(24)22-18-9-3-2-4-10-18/h2-4,9-14H,5-8H2,1H3,(H,21,23)(H,22,24). The molecule has 2 aromatic rings. The molecule has 0 aliphatic heterocycles. The van der Waals surface area contributed by atoms with Crippen molar-refractivity contribution in [1.29, 1.82) is 0 Å². The second-order valence-corrected chi connectivity index (χ2v) is 6.25. The molecule has 0 fully saturated rings. The Labute approximate surface area is 142 Å². The van der Waals surface area contributed by atoms with Gasteiger partial charge in [0.05, 0.1) is 6.04 Å². The number of amides is 2. The third-order valence-corrected chi connectivity index (χ3v) is 4.46. The van der Waals surface area contributed by atoms with Crippen LogP contribution in [0.1, 0.15) is 42.5 Å². The van der Waals surface area contributed by atoms with Crippen molar-refractivity contribution in [2.75, 3.05) is 5.32 Å². The molecule has 2 N–H and O–H groups in total. The Morgan fingerprint density at radius 3 is 2.38 bits per heavy atom. The van der Waals surface area contributed by atoms with Gasteiger partial charge in [0.15, 0.2) is 0 Å². The van der Waals surface area contributed by atoms with Gasteiger partial charge in [-0.1, -0.05) is 36.4 Å². The van der Waals surface area contributed by atoms with Crippen LogP contribution in [0.2, 0.25) is 0 Å². The topological polar surface area (TPSA) is 58.2 Å². The number of para-hydroxylation sites is 1. The molecule has 0 radical (unpaired) electrons. The molecule has 1 atom stereocenters. The first kappa shape index (κ1) is 16.2. The van der Waals surface area contributed by atoms with Crippen LogP contribution >= 0.6 is 0 Å². The fraction of sp³-hybridized carbons (Fsp3) is 0.300. The zero-order chi connectivity index (χ0) is 16.9. The second-order valence-electron chi connectivity index (χ2n) is 6.25. The van der Waals surface area contributed by atoms with Crippen molar-refractivity contribution in [2.24, 2.45) is 0 Å². The van der Waals surface area contributed by atoms with Crippen molar-refractivity contribution < 1.29 is 9.59 Å². The van der Waals surface area contributed by atoms with Crippen LogP contribution in [-0.2, 0) is 22.4 Å². The summed E-state index contributed by atoms with van der Waals surface area (Å²) in [5.41, 5.74) is 4.43. The highest BCUT2D eigenvalue weighted by Gasteiger charge is 2.18. The lowest BCUT2D eigenvalue weighted by Crippen LogP contribution is -2.36. The number of rotatable bonds is 3. The van der Waals surface area contributed by atoms with E-state index in [0.717, 1.165) is 18.4 Å². The summed E-state index contributed by atoms with van der Waals surface area (Å²) in [4.78, 5) is 24.1. The average Bonchev–Trinajstić information content (AvgIpc) is 2.62. The molecule has 4 nitrogen and oxygen atoms in total. The van der Waals surface area contributed by atoms with Crippen molar-refractivity contribution in [2.45, 2.75) is 38.6 Å². The highest BCUT2D eigenvalue weighted by molar-refractivity contribution is 6.39. The van der Waals surface area contributed by atoms with Gasteiger partial charge in [0.25, 0.3) is 0 Å². The summed E-state index contributed by atoms with van der Waals surface area (Å²) in [5.74, 6) is -1.27. The number of hydrogen-bond acceptors (Lipinski definition) is 2. The Morgan fingerprint density at radius 1 is 0.917 bits per heavy atom. The van der Waals surface area contributed by atoms with Gasteiger partial charge in [-0.15, -0.1) is 0 Å². The number of carbonyl (C=O) groups excluding carboxylic acids is 2. The van der Waals surface area contributed by atoms with E-state index in [4.69, 9.17) is 0 Å². The van der Waals surface area contributed by atoms with Gasteiger partial charge in [0.1, 0.15) is 0 Å². The van der Waals surface area contributed by atoms with Gasteiger partial charge in [0.2, 0.25) is 0 Å². The lowest BCUT2D eigenvalue weighted by molar-refractivity contribution is -0.136. The fourth-order valence-corrected chi connectivity index (χ4v) is 3.08. The Balaban J connectivity index is 1.62. The van der Waals surface area contributed by atoms with Gasteiger partial charge in [-0.3, -0.25) is 9.59 Å². The van der Waals surface area contributed by atoms with Gasteiger partial charge in [-0.25, -0.2) is 0 Å². The zero-order valence-corrected chi connectivity index (χ0v) is 13.8. The molecule has 0 bridgehead atoms. The van der Waals surface area contributed by atoms with Crippen LogP contribution in [0, 0.1) is 0 Å². The molecule has 3 rings (SSSR count). The van der Waals surface area contributed by atoms with Crippen molar-refractivity contribution in [3.05, 3.63) is 65.2 Å². The van der Waals surface area contributed by atoms with E-state index in [1.807, 2.05) is 31.2 Å². The molecule has 2 aromatic carbocycles. The molecule has 124 valence electrons. The minimum atomic E-state index is -0.647. The summed E-state index contributed by atoms with van der Waals surface area (Å²) < 4.78 is 0. The van der Waals surface area contributed by atoms with Crippen molar-refractivity contribution in [3.63, 3.8) is 0 Å². The van der Waals surface area contributed by atoms with Gasteiger partial charge >= 0.3 is 11.8 Å².